The third-order valence-corrected chi connectivity index (χ3v) is 4.98. The van der Waals surface area contributed by atoms with Crippen LogP contribution in [0.5, 0.6) is 0 Å². The molecule has 0 saturated heterocycles. The highest BCUT2D eigenvalue weighted by Crippen LogP contribution is 2.38. The topological polar surface area (TPSA) is 152 Å². The Kier molecular flexibility index (Phi) is 5.87. The quantitative estimate of drug-likeness (QED) is 0.396. The molecule has 0 spiro atoms. The van der Waals surface area contributed by atoms with Crippen LogP contribution in [0.1, 0.15) is 12.6 Å². The van der Waals surface area contributed by atoms with E-state index in [4.69, 9.17) is 4.42 Å². The van der Waals surface area contributed by atoms with Crippen LogP contribution in [0.15, 0.2) is 39.0 Å². The number of aromatic nitrogens is 6. The van der Waals surface area contributed by atoms with Gasteiger partial charge in [-0.05, 0) is 25.1 Å². The molecule has 0 fully saturated rings. The number of halogens is 3. The lowest BCUT2D eigenvalue weighted by Gasteiger charge is -2.10. The average Bonchev–Trinajstić information content (AvgIpc) is 3.43. The fourth-order valence-corrected chi connectivity index (χ4v) is 3.54. The van der Waals surface area contributed by atoms with Gasteiger partial charge in [0.1, 0.15) is 16.5 Å². The van der Waals surface area contributed by atoms with Gasteiger partial charge in [-0.1, -0.05) is 0 Å². The smallest absolute Gasteiger partial charge is 0.386 e. The molecule has 0 unspecified atom stereocenters. The van der Waals surface area contributed by atoms with E-state index < -0.39 is 23.7 Å². The molecule has 0 aliphatic heterocycles. The minimum atomic E-state index is -4.61. The van der Waals surface area contributed by atoms with Crippen LogP contribution in [0, 0.1) is 0 Å². The van der Waals surface area contributed by atoms with Crippen molar-refractivity contribution >= 4 is 23.2 Å². The van der Waals surface area contributed by atoms with E-state index in [2.05, 4.69) is 41.0 Å². The van der Waals surface area contributed by atoms with Crippen LogP contribution in [-0.2, 0) is 6.18 Å². The number of thiazole rings is 1. The van der Waals surface area contributed by atoms with Gasteiger partial charge in [-0.3, -0.25) is 5.32 Å². The van der Waals surface area contributed by atoms with Gasteiger partial charge in [-0.15, -0.1) is 26.6 Å². The molecule has 3 N–H and O–H groups in total. The van der Waals surface area contributed by atoms with Gasteiger partial charge in [0.15, 0.2) is 5.69 Å². The van der Waals surface area contributed by atoms with E-state index in [0.717, 1.165) is 16.7 Å². The number of rotatable bonds is 5. The Morgan fingerprint density at radius 3 is 2.58 bits per heavy atom. The summed E-state index contributed by atoms with van der Waals surface area (Å²) in [7, 11) is 0. The lowest BCUT2D eigenvalue weighted by Crippen LogP contribution is -2.28. The maximum absolute atomic E-state index is 13.1. The van der Waals surface area contributed by atoms with Gasteiger partial charge in [0, 0.05) is 29.2 Å². The molecule has 170 valence electrons. The molecule has 11 nitrogen and oxygen atoms in total. The van der Waals surface area contributed by atoms with Gasteiger partial charge in [0.25, 0.3) is 5.89 Å². The predicted molar refractivity (Wildman–Crippen MR) is 110 cm³/mol. The maximum atomic E-state index is 13.1. The number of carbonyl (C=O) groups is 1. The number of amides is 2. The SMILES string of the molecule is CCNC(=O)Nc1cc(-c2nc(C(F)(F)F)cs2)c(-c2ccc(-c3n[nH]c(=O)o3)nn2)cn1. The molecule has 0 aromatic carbocycles. The highest BCUT2D eigenvalue weighted by molar-refractivity contribution is 7.13. The third kappa shape index (κ3) is 4.87. The van der Waals surface area contributed by atoms with Gasteiger partial charge in [-0.25, -0.2) is 24.7 Å². The summed E-state index contributed by atoms with van der Waals surface area (Å²) >= 11 is 0.780. The van der Waals surface area contributed by atoms with E-state index in [9.17, 15) is 22.8 Å². The molecule has 15 heteroatoms. The van der Waals surface area contributed by atoms with E-state index in [1.54, 1.807) is 6.92 Å². The second-order valence-electron chi connectivity index (χ2n) is 6.36. The summed E-state index contributed by atoms with van der Waals surface area (Å²) in [4.78, 5) is 30.8. The van der Waals surface area contributed by atoms with Crippen LogP contribution >= 0.6 is 11.3 Å². The number of pyridine rings is 1. The Balaban J connectivity index is 1.75. The predicted octanol–water partition coefficient (Wildman–Crippen LogP) is 3.17. The summed E-state index contributed by atoms with van der Waals surface area (Å²) in [6.07, 6.45) is -3.27. The van der Waals surface area contributed by atoms with Crippen LogP contribution in [0.4, 0.5) is 23.8 Å². The Labute approximate surface area is 186 Å². The second-order valence-corrected chi connectivity index (χ2v) is 7.22. The van der Waals surface area contributed by atoms with Crippen molar-refractivity contribution in [1.82, 2.24) is 35.7 Å². The van der Waals surface area contributed by atoms with Crippen molar-refractivity contribution in [3.8, 4) is 33.4 Å². The van der Waals surface area contributed by atoms with Gasteiger partial charge < -0.3 is 9.73 Å². The van der Waals surface area contributed by atoms with Crippen LogP contribution < -0.4 is 16.4 Å². The number of urea groups is 1. The van der Waals surface area contributed by atoms with Crippen molar-refractivity contribution in [2.45, 2.75) is 13.1 Å². The lowest BCUT2D eigenvalue weighted by molar-refractivity contribution is -0.140. The Bertz CT molecular complexity index is 1350. The van der Waals surface area contributed by atoms with Crippen molar-refractivity contribution in [2.24, 2.45) is 0 Å². The molecule has 0 aliphatic carbocycles. The van der Waals surface area contributed by atoms with Gasteiger partial charge in [0.2, 0.25) is 0 Å². The Morgan fingerprint density at radius 2 is 1.97 bits per heavy atom. The number of alkyl halides is 3. The highest BCUT2D eigenvalue weighted by Gasteiger charge is 2.34. The zero-order chi connectivity index (χ0) is 23.6. The molecular formula is C18H13F3N8O3S. The molecule has 4 aromatic heterocycles. The van der Waals surface area contributed by atoms with Crippen LogP contribution in [-0.4, -0.2) is 42.9 Å². The zero-order valence-electron chi connectivity index (χ0n) is 16.6. The fraction of sp³-hybridized carbons (Fsp3) is 0.167. The van der Waals surface area contributed by atoms with Crippen molar-refractivity contribution in [3.05, 3.63) is 46.0 Å². The number of aromatic amines is 1. The molecule has 0 saturated carbocycles. The Hall–Kier alpha value is -4.14. The largest absolute Gasteiger partial charge is 0.434 e. The van der Waals surface area contributed by atoms with E-state index >= 15 is 0 Å². The Morgan fingerprint density at radius 1 is 1.21 bits per heavy atom. The molecule has 0 bridgehead atoms. The van der Waals surface area contributed by atoms with E-state index in [0.29, 0.717) is 12.1 Å². The standard InChI is InChI=1S/C18H13F3N8O3S/c1-2-22-16(30)25-13-5-8(15-24-12(7-33-15)18(19,20)21)9(6-23-13)10-3-4-11(27-26-10)14-28-29-17(31)32-14/h3-7H,2H2,1H3,(H,29,31)(H2,22,23,25,30). The number of nitrogens with zero attached hydrogens (tertiary/aromatic N) is 5. The molecular weight excluding hydrogens is 465 g/mol. The molecule has 4 heterocycles. The lowest BCUT2D eigenvalue weighted by atomic mass is 10.1. The van der Waals surface area contributed by atoms with Gasteiger partial charge in [0.05, 0.1) is 5.69 Å². The summed E-state index contributed by atoms with van der Waals surface area (Å²) in [6.45, 7) is 2.10. The number of anilines is 1. The van der Waals surface area contributed by atoms with Crippen molar-refractivity contribution in [1.29, 1.82) is 0 Å². The number of H-pyrrole nitrogens is 1. The molecule has 2 amide bonds. The number of hydrogen-bond acceptors (Lipinski definition) is 9. The minimum Gasteiger partial charge on any atom is -0.386 e. The number of hydrogen-bond donors (Lipinski definition) is 3. The minimum absolute atomic E-state index is 0.0443. The van der Waals surface area contributed by atoms with E-state index in [1.165, 1.54) is 24.4 Å². The summed E-state index contributed by atoms with van der Waals surface area (Å²) in [5.74, 6) is -0.734. The first-order valence-electron chi connectivity index (χ1n) is 9.22. The number of nitrogens with one attached hydrogen (secondary N) is 3. The molecule has 0 radical (unpaired) electrons. The van der Waals surface area contributed by atoms with Crippen LogP contribution in [0.25, 0.3) is 33.4 Å². The maximum Gasteiger partial charge on any atom is 0.434 e. The molecule has 33 heavy (non-hydrogen) atoms. The number of carbonyl (C=O) groups excluding carboxylic acids is 1. The van der Waals surface area contributed by atoms with Crippen LogP contribution in [0.2, 0.25) is 0 Å². The average molecular weight is 478 g/mol. The zero-order valence-corrected chi connectivity index (χ0v) is 17.4. The van der Waals surface area contributed by atoms with Gasteiger partial charge in [-0.2, -0.15) is 13.2 Å². The second kappa shape index (κ2) is 8.78. The first-order valence-corrected chi connectivity index (χ1v) is 10.1. The van der Waals surface area contributed by atoms with Gasteiger partial charge >= 0.3 is 18.0 Å². The first kappa shape index (κ1) is 22.1. The first-order chi connectivity index (χ1) is 15.7. The molecule has 0 aliphatic rings. The summed E-state index contributed by atoms with van der Waals surface area (Å²) in [5.41, 5.74) is -0.0478. The highest BCUT2D eigenvalue weighted by atomic mass is 32.1. The van der Waals surface area contributed by atoms with Crippen molar-refractivity contribution in [3.63, 3.8) is 0 Å². The summed E-state index contributed by atoms with van der Waals surface area (Å²) in [6, 6.07) is 3.84. The normalized spacial score (nSPS) is 11.4. The van der Waals surface area contributed by atoms with E-state index in [1.807, 2.05) is 0 Å². The van der Waals surface area contributed by atoms with Crippen LogP contribution in [0.3, 0.4) is 0 Å². The molecule has 0 atom stereocenters. The van der Waals surface area contributed by atoms with Crippen molar-refractivity contribution < 1.29 is 22.4 Å². The molecule has 4 aromatic rings. The summed E-state index contributed by atoms with van der Waals surface area (Å²) in [5, 5.41) is 19.7. The molecule has 4 rings (SSSR count). The van der Waals surface area contributed by atoms with Crippen molar-refractivity contribution in [2.75, 3.05) is 11.9 Å². The van der Waals surface area contributed by atoms with E-state index in [-0.39, 0.29) is 33.7 Å². The monoisotopic (exact) mass is 478 g/mol. The third-order valence-electron chi connectivity index (χ3n) is 4.11. The summed E-state index contributed by atoms with van der Waals surface area (Å²) < 4.78 is 44.1. The fourth-order valence-electron chi connectivity index (χ4n) is 2.68.